The van der Waals surface area contributed by atoms with Crippen molar-refractivity contribution in [3.05, 3.63) is 0 Å². The molecule has 0 fully saturated rings. The van der Waals surface area contributed by atoms with Gasteiger partial charge < -0.3 is 26.2 Å². The highest BCUT2D eigenvalue weighted by Gasteiger charge is 2.12. The third kappa shape index (κ3) is 11.4. The van der Waals surface area contributed by atoms with Gasteiger partial charge in [-0.15, -0.1) is 0 Å². The van der Waals surface area contributed by atoms with Crippen molar-refractivity contribution in [2.45, 2.75) is 25.0 Å². The molecule has 0 aliphatic rings. The summed E-state index contributed by atoms with van der Waals surface area (Å²) < 4.78 is 21.6. The Balaban J connectivity index is 3.65. The van der Waals surface area contributed by atoms with Crippen molar-refractivity contribution in [2.75, 3.05) is 32.3 Å². The molecule has 0 heterocycles. The van der Waals surface area contributed by atoms with Crippen molar-refractivity contribution in [1.82, 2.24) is 10.6 Å². The predicted octanol–water partition coefficient (Wildman–Crippen LogP) is -0.445. The Morgan fingerprint density at radius 2 is 1.83 bits per heavy atom. The van der Waals surface area contributed by atoms with Gasteiger partial charge in [0.1, 0.15) is 0 Å². The Labute approximate surface area is 109 Å². The summed E-state index contributed by atoms with van der Waals surface area (Å²) in [7, 11) is -5.02. The fourth-order valence-electron chi connectivity index (χ4n) is 1.50. The van der Waals surface area contributed by atoms with Gasteiger partial charge in [0.25, 0.3) is 0 Å². The normalized spacial score (nSPS) is 16.4. The molecule has 7 nitrogen and oxygen atoms in total. The lowest BCUT2D eigenvalue weighted by Gasteiger charge is -2.15. The third-order valence-corrected chi connectivity index (χ3v) is 4.32. The van der Waals surface area contributed by atoms with Gasteiger partial charge in [0, 0.05) is 32.3 Å². The molecule has 0 saturated heterocycles. The second-order valence-corrected chi connectivity index (χ2v) is 6.68. The standard InChI is InChI=1S/C9H25N3O4P2/c10-4-5-11-6-7-12-9(18(15)16)3-1-2-8-17(13)14/h9,11-12,17-18H,1-8,10H2,(H,13,14)(H,15,16). The Bertz CT molecular complexity index is 256. The number of nitrogens with two attached hydrogens (primary N) is 1. The minimum absolute atomic E-state index is 0.293. The summed E-state index contributed by atoms with van der Waals surface area (Å²) in [6.07, 6.45) is 2.15. The molecule has 3 atom stereocenters. The first-order valence-electron chi connectivity index (χ1n) is 6.16. The van der Waals surface area contributed by atoms with Crippen molar-refractivity contribution in [3.8, 4) is 0 Å². The van der Waals surface area contributed by atoms with Gasteiger partial charge >= 0.3 is 0 Å². The molecule has 0 aromatic heterocycles. The van der Waals surface area contributed by atoms with Crippen LogP contribution in [0.3, 0.4) is 0 Å². The van der Waals surface area contributed by atoms with Crippen molar-refractivity contribution in [1.29, 1.82) is 0 Å². The molecule has 9 heteroatoms. The lowest BCUT2D eigenvalue weighted by Crippen LogP contribution is -2.35. The molecular formula is C9H25N3O4P2. The van der Waals surface area contributed by atoms with Crippen LogP contribution in [0.2, 0.25) is 0 Å². The van der Waals surface area contributed by atoms with E-state index in [0.29, 0.717) is 45.1 Å². The van der Waals surface area contributed by atoms with Crippen molar-refractivity contribution in [2.24, 2.45) is 5.73 Å². The van der Waals surface area contributed by atoms with E-state index >= 15 is 0 Å². The van der Waals surface area contributed by atoms with E-state index in [-0.39, 0.29) is 0 Å². The van der Waals surface area contributed by atoms with Gasteiger partial charge in [-0.3, -0.25) is 9.13 Å². The molecule has 0 spiro atoms. The zero-order valence-electron chi connectivity index (χ0n) is 10.5. The smallest absolute Gasteiger partial charge is 0.205 e. The second kappa shape index (κ2) is 12.3. The van der Waals surface area contributed by atoms with Crippen molar-refractivity contribution >= 4 is 16.1 Å². The summed E-state index contributed by atoms with van der Waals surface area (Å²) in [5.41, 5.74) is 5.31. The van der Waals surface area contributed by atoms with E-state index in [0.717, 1.165) is 6.54 Å². The van der Waals surface area contributed by atoms with Gasteiger partial charge in [-0.05, 0) is 12.8 Å². The SMILES string of the molecule is NCCNCCNC(CCCC[PH](=O)O)[PH](=O)O. The van der Waals surface area contributed by atoms with Gasteiger partial charge in [0.15, 0.2) is 8.03 Å². The molecule has 110 valence electrons. The maximum absolute atomic E-state index is 11.1. The summed E-state index contributed by atoms with van der Waals surface area (Å²) in [6.45, 7) is 2.61. The Morgan fingerprint density at radius 3 is 2.39 bits per heavy atom. The summed E-state index contributed by atoms with van der Waals surface area (Å²) in [5, 5.41) is 6.09. The lowest BCUT2D eigenvalue weighted by molar-refractivity contribution is 0.454. The van der Waals surface area contributed by atoms with E-state index in [1.165, 1.54) is 0 Å². The highest BCUT2D eigenvalue weighted by Crippen LogP contribution is 2.25. The zero-order chi connectivity index (χ0) is 13.8. The van der Waals surface area contributed by atoms with Crippen LogP contribution in [-0.4, -0.2) is 47.9 Å². The average molecular weight is 301 g/mol. The van der Waals surface area contributed by atoms with Crippen molar-refractivity contribution < 1.29 is 18.9 Å². The summed E-state index contributed by atoms with van der Waals surface area (Å²) in [4.78, 5) is 17.8. The lowest BCUT2D eigenvalue weighted by atomic mass is 10.2. The van der Waals surface area contributed by atoms with Gasteiger partial charge in [0.05, 0.1) is 5.78 Å². The first-order chi connectivity index (χ1) is 8.57. The molecular weight excluding hydrogens is 276 g/mol. The fraction of sp³-hybridized carbons (Fsp3) is 1.00. The number of nitrogens with one attached hydrogen (secondary N) is 2. The highest BCUT2D eigenvalue weighted by atomic mass is 31.1. The molecule has 0 aromatic rings. The Morgan fingerprint density at radius 1 is 1.11 bits per heavy atom. The van der Waals surface area contributed by atoms with Crippen LogP contribution in [0.25, 0.3) is 0 Å². The molecule has 6 N–H and O–H groups in total. The molecule has 0 bridgehead atoms. The van der Waals surface area contributed by atoms with E-state index in [9.17, 15) is 9.13 Å². The molecule has 0 aliphatic heterocycles. The van der Waals surface area contributed by atoms with E-state index in [1.54, 1.807) is 0 Å². The zero-order valence-corrected chi connectivity index (χ0v) is 12.5. The summed E-state index contributed by atoms with van der Waals surface area (Å²) >= 11 is 0. The number of unbranched alkanes of at least 4 members (excludes halogenated alkanes) is 1. The third-order valence-electron chi connectivity index (χ3n) is 2.45. The van der Waals surface area contributed by atoms with Crippen molar-refractivity contribution in [3.63, 3.8) is 0 Å². The molecule has 18 heavy (non-hydrogen) atoms. The average Bonchev–Trinajstić information content (AvgIpc) is 2.30. The summed E-state index contributed by atoms with van der Waals surface area (Å²) in [6, 6.07) is 0. The topological polar surface area (TPSA) is 125 Å². The van der Waals surface area contributed by atoms with Crippen LogP contribution >= 0.6 is 16.1 Å². The van der Waals surface area contributed by atoms with E-state index in [2.05, 4.69) is 10.6 Å². The number of hydrogen-bond donors (Lipinski definition) is 5. The van der Waals surface area contributed by atoms with Crippen LogP contribution in [0.4, 0.5) is 0 Å². The first-order valence-corrected chi connectivity index (χ1v) is 9.16. The molecule has 3 unspecified atom stereocenters. The van der Waals surface area contributed by atoms with Crippen LogP contribution in [0.1, 0.15) is 19.3 Å². The Kier molecular flexibility index (Phi) is 12.5. The molecule has 0 aromatic carbocycles. The van der Waals surface area contributed by atoms with E-state index < -0.39 is 21.8 Å². The predicted molar refractivity (Wildman–Crippen MR) is 74.9 cm³/mol. The van der Waals surface area contributed by atoms with Crippen LogP contribution in [0, 0.1) is 0 Å². The maximum Gasteiger partial charge on any atom is 0.205 e. The summed E-state index contributed by atoms with van der Waals surface area (Å²) in [5.74, 6) is -0.407. The Hall–Kier alpha value is 0.260. The largest absolute Gasteiger partial charge is 0.346 e. The van der Waals surface area contributed by atoms with Gasteiger partial charge in [-0.25, -0.2) is 0 Å². The molecule has 0 rings (SSSR count). The van der Waals surface area contributed by atoms with E-state index in [1.807, 2.05) is 0 Å². The monoisotopic (exact) mass is 301 g/mol. The minimum Gasteiger partial charge on any atom is -0.346 e. The first kappa shape index (κ1) is 18.3. The van der Waals surface area contributed by atoms with Crippen LogP contribution < -0.4 is 16.4 Å². The fourth-order valence-corrected chi connectivity index (χ4v) is 2.82. The maximum atomic E-state index is 11.1. The minimum atomic E-state index is -2.61. The number of hydrogen-bond acceptors (Lipinski definition) is 5. The van der Waals surface area contributed by atoms with Gasteiger partial charge in [-0.1, -0.05) is 6.42 Å². The van der Waals surface area contributed by atoms with Crippen LogP contribution in [-0.2, 0) is 9.13 Å². The molecule has 0 radical (unpaired) electrons. The van der Waals surface area contributed by atoms with Gasteiger partial charge in [0.2, 0.25) is 8.03 Å². The van der Waals surface area contributed by atoms with Gasteiger partial charge in [-0.2, -0.15) is 0 Å². The van der Waals surface area contributed by atoms with E-state index in [4.69, 9.17) is 15.5 Å². The quantitative estimate of drug-likeness (QED) is 0.244. The number of rotatable bonds is 12. The molecule has 0 aliphatic carbocycles. The second-order valence-electron chi connectivity index (χ2n) is 4.02. The molecule has 0 saturated carbocycles. The van der Waals surface area contributed by atoms with Crippen LogP contribution in [0.15, 0.2) is 0 Å². The highest BCUT2D eigenvalue weighted by molar-refractivity contribution is 7.38. The molecule has 0 amide bonds. The van der Waals surface area contributed by atoms with Crippen LogP contribution in [0.5, 0.6) is 0 Å².